The monoisotopic (exact) mass is 343 g/mol. The predicted molar refractivity (Wildman–Crippen MR) is 93.4 cm³/mol. The van der Waals surface area contributed by atoms with E-state index in [-0.39, 0.29) is 17.9 Å². The highest BCUT2D eigenvalue weighted by Gasteiger charge is 2.17. The maximum Gasteiger partial charge on any atom is 0.412 e. The van der Waals surface area contributed by atoms with Crippen LogP contribution >= 0.6 is 0 Å². The maximum absolute atomic E-state index is 12.1. The van der Waals surface area contributed by atoms with Crippen LogP contribution in [0, 0.1) is 0 Å². The first-order valence-corrected chi connectivity index (χ1v) is 7.76. The van der Waals surface area contributed by atoms with Crippen molar-refractivity contribution >= 4 is 17.7 Å². The van der Waals surface area contributed by atoms with Crippen molar-refractivity contribution in [1.82, 2.24) is 10.3 Å². The minimum Gasteiger partial charge on any atom is -0.507 e. The maximum atomic E-state index is 12.1. The van der Waals surface area contributed by atoms with Crippen LogP contribution in [0.3, 0.4) is 0 Å². The number of rotatable bonds is 4. The normalized spacial score (nSPS) is 10.8. The number of carbonyl (C=O) groups excluding carboxylic acids is 2. The Morgan fingerprint density at radius 3 is 2.56 bits per heavy atom. The Balaban J connectivity index is 1.98. The second kappa shape index (κ2) is 7.65. The highest BCUT2D eigenvalue weighted by Crippen LogP contribution is 2.22. The average molecular weight is 343 g/mol. The molecule has 2 aromatic rings. The van der Waals surface area contributed by atoms with E-state index in [1.807, 2.05) is 6.07 Å². The van der Waals surface area contributed by atoms with Crippen molar-refractivity contribution in [2.75, 3.05) is 5.32 Å². The second-order valence-electron chi connectivity index (χ2n) is 6.36. The Morgan fingerprint density at radius 1 is 1.20 bits per heavy atom. The van der Waals surface area contributed by atoms with E-state index in [4.69, 9.17) is 4.74 Å². The van der Waals surface area contributed by atoms with Crippen LogP contribution in [0.25, 0.3) is 0 Å². The number of hydrogen-bond acceptors (Lipinski definition) is 5. The van der Waals surface area contributed by atoms with Crippen LogP contribution < -0.4 is 10.6 Å². The molecule has 2 rings (SSSR count). The summed E-state index contributed by atoms with van der Waals surface area (Å²) in [6.07, 6.45) is 0.995. The number of nitrogens with zero attached hydrogens (tertiary/aromatic N) is 1. The fourth-order valence-corrected chi connectivity index (χ4v) is 1.99. The number of phenolic OH excluding ortho intramolecular Hbond substituents is 1. The van der Waals surface area contributed by atoms with Crippen molar-refractivity contribution in [1.29, 1.82) is 0 Å². The molecule has 1 aromatic heterocycles. The van der Waals surface area contributed by atoms with Gasteiger partial charge in [0.1, 0.15) is 11.4 Å². The molecule has 132 valence electrons. The minimum absolute atomic E-state index is 0.102. The zero-order valence-corrected chi connectivity index (χ0v) is 14.4. The SMILES string of the molecule is CC(C)(C)OC(=O)Nc1ccc(C(=O)NCc2ccccn2)c(O)c1. The van der Waals surface area contributed by atoms with E-state index >= 15 is 0 Å². The molecule has 0 aliphatic rings. The van der Waals surface area contributed by atoms with Crippen LogP contribution in [-0.4, -0.2) is 27.7 Å². The van der Waals surface area contributed by atoms with Crippen LogP contribution in [0.4, 0.5) is 10.5 Å². The second-order valence-corrected chi connectivity index (χ2v) is 6.36. The van der Waals surface area contributed by atoms with Gasteiger partial charge in [0.25, 0.3) is 5.91 Å². The number of aromatic hydroxyl groups is 1. The predicted octanol–water partition coefficient (Wildman–Crippen LogP) is 3.06. The van der Waals surface area contributed by atoms with E-state index in [2.05, 4.69) is 15.6 Å². The summed E-state index contributed by atoms with van der Waals surface area (Å²) in [5.74, 6) is -0.681. The number of benzene rings is 1. The number of amides is 2. The first-order chi connectivity index (χ1) is 11.7. The number of nitrogens with one attached hydrogen (secondary N) is 2. The summed E-state index contributed by atoms with van der Waals surface area (Å²) in [6.45, 7) is 5.49. The summed E-state index contributed by atoms with van der Waals surface area (Å²) >= 11 is 0. The molecule has 0 spiro atoms. The van der Waals surface area contributed by atoms with Gasteiger partial charge in [-0.15, -0.1) is 0 Å². The standard InChI is InChI=1S/C18H21N3O4/c1-18(2,3)25-17(24)21-12-7-8-14(15(22)10-12)16(23)20-11-13-6-4-5-9-19-13/h4-10,22H,11H2,1-3H3,(H,20,23)(H,21,24). The van der Waals surface area contributed by atoms with Crippen molar-refractivity contribution in [3.8, 4) is 5.75 Å². The molecule has 0 radical (unpaired) electrons. The molecule has 0 unspecified atom stereocenters. The topological polar surface area (TPSA) is 101 Å². The van der Waals surface area contributed by atoms with Gasteiger partial charge in [-0.3, -0.25) is 15.1 Å². The van der Waals surface area contributed by atoms with Crippen LogP contribution in [0.2, 0.25) is 0 Å². The van der Waals surface area contributed by atoms with Gasteiger partial charge in [-0.25, -0.2) is 4.79 Å². The fraction of sp³-hybridized carbons (Fsp3) is 0.278. The Hall–Kier alpha value is -3.09. The molecule has 3 N–H and O–H groups in total. The number of hydrogen-bond donors (Lipinski definition) is 3. The van der Waals surface area contributed by atoms with E-state index in [1.54, 1.807) is 39.1 Å². The molecule has 0 aliphatic carbocycles. The summed E-state index contributed by atoms with van der Waals surface area (Å²) < 4.78 is 5.13. The van der Waals surface area contributed by atoms with Gasteiger partial charge in [0.15, 0.2) is 0 Å². The van der Waals surface area contributed by atoms with E-state index in [0.717, 1.165) is 0 Å². The zero-order chi connectivity index (χ0) is 18.4. The smallest absolute Gasteiger partial charge is 0.412 e. The Morgan fingerprint density at radius 2 is 1.96 bits per heavy atom. The fourth-order valence-electron chi connectivity index (χ4n) is 1.99. The van der Waals surface area contributed by atoms with E-state index in [0.29, 0.717) is 11.4 Å². The van der Waals surface area contributed by atoms with Crippen molar-refractivity contribution in [2.45, 2.75) is 32.9 Å². The number of ether oxygens (including phenoxy) is 1. The summed E-state index contributed by atoms with van der Waals surface area (Å²) in [4.78, 5) is 28.0. The molecule has 0 saturated carbocycles. The highest BCUT2D eigenvalue weighted by molar-refractivity contribution is 5.97. The van der Waals surface area contributed by atoms with Gasteiger partial charge in [0.05, 0.1) is 17.8 Å². The van der Waals surface area contributed by atoms with Crippen LogP contribution in [0.15, 0.2) is 42.6 Å². The van der Waals surface area contributed by atoms with Gasteiger partial charge in [-0.1, -0.05) is 6.07 Å². The van der Waals surface area contributed by atoms with Gasteiger partial charge in [-0.05, 0) is 45.0 Å². The van der Waals surface area contributed by atoms with E-state index in [1.165, 1.54) is 18.2 Å². The summed E-state index contributed by atoms with van der Waals surface area (Å²) in [7, 11) is 0. The van der Waals surface area contributed by atoms with Crippen molar-refractivity contribution in [3.05, 3.63) is 53.9 Å². The molecule has 0 saturated heterocycles. The Labute approximate surface area is 146 Å². The lowest BCUT2D eigenvalue weighted by atomic mass is 10.1. The molecule has 0 atom stereocenters. The number of aromatic nitrogens is 1. The lowest BCUT2D eigenvalue weighted by Gasteiger charge is -2.19. The molecular weight excluding hydrogens is 322 g/mol. The highest BCUT2D eigenvalue weighted by atomic mass is 16.6. The molecule has 1 aromatic carbocycles. The first-order valence-electron chi connectivity index (χ1n) is 7.76. The van der Waals surface area contributed by atoms with Crippen molar-refractivity contribution < 1.29 is 19.4 Å². The Kier molecular flexibility index (Phi) is 5.59. The quantitative estimate of drug-likeness (QED) is 0.792. The first kappa shape index (κ1) is 18.3. The molecule has 2 amide bonds. The summed E-state index contributed by atoms with van der Waals surface area (Å²) in [6, 6.07) is 9.62. The van der Waals surface area contributed by atoms with Gasteiger partial charge < -0.3 is 15.2 Å². The summed E-state index contributed by atoms with van der Waals surface area (Å²) in [5, 5.41) is 15.2. The lowest BCUT2D eigenvalue weighted by molar-refractivity contribution is 0.0636. The number of phenols is 1. The Bertz CT molecular complexity index is 755. The van der Waals surface area contributed by atoms with Gasteiger partial charge >= 0.3 is 6.09 Å². The minimum atomic E-state index is -0.640. The lowest BCUT2D eigenvalue weighted by Crippen LogP contribution is -2.27. The molecule has 25 heavy (non-hydrogen) atoms. The molecular formula is C18H21N3O4. The van der Waals surface area contributed by atoms with Gasteiger partial charge in [-0.2, -0.15) is 0 Å². The van der Waals surface area contributed by atoms with Crippen molar-refractivity contribution in [2.24, 2.45) is 0 Å². The summed E-state index contributed by atoms with van der Waals surface area (Å²) in [5.41, 5.74) is 0.509. The number of carbonyl (C=O) groups is 2. The number of pyridine rings is 1. The molecule has 7 heteroatoms. The van der Waals surface area contributed by atoms with Crippen LogP contribution in [0.5, 0.6) is 5.75 Å². The van der Waals surface area contributed by atoms with E-state index < -0.39 is 17.6 Å². The van der Waals surface area contributed by atoms with E-state index in [9.17, 15) is 14.7 Å². The molecule has 7 nitrogen and oxygen atoms in total. The third-order valence-corrected chi connectivity index (χ3v) is 3.04. The molecule has 1 heterocycles. The third-order valence-electron chi connectivity index (χ3n) is 3.04. The molecule has 0 fully saturated rings. The third kappa shape index (κ3) is 5.80. The van der Waals surface area contributed by atoms with Crippen LogP contribution in [-0.2, 0) is 11.3 Å². The molecule has 0 bridgehead atoms. The van der Waals surface area contributed by atoms with Gasteiger partial charge in [0, 0.05) is 18.0 Å². The average Bonchev–Trinajstić information content (AvgIpc) is 2.52. The largest absolute Gasteiger partial charge is 0.507 e. The van der Waals surface area contributed by atoms with Gasteiger partial charge in [0.2, 0.25) is 0 Å². The number of anilines is 1. The molecule has 0 aliphatic heterocycles. The zero-order valence-electron chi connectivity index (χ0n) is 14.4. The van der Waals surface area contributed by atoms with Crippen molar-refractivity contribution in [3.63, 3.8) is 0 Å². The van der Waals surface area contributed by atoms with Crippen LogP contribution in [0.1, 0.15) is 36.8 Å².